The van der Waals surface area contributed by atoms with Crippen molar-refractivity contribution >= 4 is 28.2 Å². The number of halogens is 3. The fraction of sp³-hybridized carbons (Fsp3) is 0.312. The summed E-state index contributed by atoms with van der Waals surface area (Å²) < 4.78 is 41.1. The number of hydrogen-bond donors (Lipinski definition) is 2. The Labute approximate surface area is 238 Å². The second-order valence-corrected chi connectivity index (χ2v) is 10.9. The van der Waals surface area contributed by atoms with Crippen molar-refractivity contribution in [1.82, 2.24) is 15.2 Å². The van der Waals surface area contributed by atoms with Gasteiger partial charge in [-0.1, -0.05) is 42.5 Å². The van der Waals surface area contributed by atoms with Gasteiger partial charge in [-0.05, 0) is 80.2 Å². The lowest BCUT2D eigenvalue weighted by molar-refractivity contribution is -0.137. The number of piperidine rings is 1. The minimum Gasteiger partial charge on any atom is -0.371 e. The van der Waals surface area contributed by atoms with E-state index in [1.807, 2.05) is 41.3 Å². The number of urea groups is 1. The zero-order valence-corrected chi connectivity index (χ0v) is 23.2. The minimum atomic E-state index is -4.46. The number of pyridine rings is 1. The molecule has 2 amide bonds. The minimum absolute atomic E-state index is 0.0896. The van der Waals surface area contributed by atoms with Crippen LogP contribution in [0.4, 0.5) is 29.3 Å². The molecule has 1 aliphatic rings. The molecule has 0 bridgehead atoms. The Morgan fingerprint density at radius 3 is 2.44 bits per heavy atom. The van der Waals surface area contributed by atoms with Gasteiger partial charge in [-0.2, -0.15) is 13.2 Å². The average Bonchev–Trinajstić information content (AvgIpc) is 2.96. The molecule has 4 aromatic rings. The van der Waals surface area contributed by atoms with Crippen LogP contribution < -0.4 is 15.5 Å². The van der Waals surface area contributed by atoms with Crippen LogP contribution in [-0.4, -0.2) is 48.6 Å². The molecule has 0 atom stereocenters. The van der Waals surface area contributed by atoms with Crippen molar-refractivity contribution in [2.75, 3.05) is 37.4 Å². The SMILES string of the molecule is CN(C)C1(Cc2ccccc2)CCN(c2cc(C(F)(F)F)ccc2CNC(=O)Nc2ccc3cnccc3c2)CC1. The zero-order valence-electron chi connectivity index (χ0n) is 23.2. The molecule has 9 heteroatoms. The maximum Gasteiger partial charge on any atom is 0.416 e. The number of hydrogen-bond acceptors (Lipinski definition) is 4. The van der Waals surface area contributed by atoms with Crippen molar-refractivity contribution in [3.63, 3.8) is 0 Å². The summed E-state index contributed by atoms with van der Waals surface area (Å²) in [5.41, 5.74) is 2.22. The molecule has 6 nitrogen and oxygen atoms in total. The van der Waals surface area contributed by atoms with Crippen LogP contribution in [0.3, 0.4) is 0 Å². The molecule has 1 saturated heterocycles. The molecular weight excluding hydrogens is 527 g/mol. The van der Waals surface area contributed by atoms with Gasteiger partial charge in [0, 0.05) is 54.3 Å². The van der Waals surface area contributed by atoms with Crippen LogP contribution in [0.15, 0.2) is 85.2 Å². The summed E-state index contributed by atoms with van der Waals surface area (Å²) in [6.45, 7) is 1.31. The molecular formula is C32H34F3N5O. The molecule has 1 aromatic heterocycles. The maximum absolute atomic E-state index is 13.7. The summed E-state index contributed by atoms with van der Waals surface area (Å²) >= 11 is 0. The highest BCUT2D eigenvalue weighted by Gasteiger charge is 2.38. The molecule has 0 spiro atoms. The van der Waals surface area contributed by atoms with E-state index >= 15 is 0 Å². The molecule has 3 aromatic carbocycles. The third kappa shape index (κ3) is 6.62. The van der Waals surface area contributed by atoms with E-state index in [9.17, 15) is 18.0 Å². The van der Waals surface area contributed by atoms with Crippen LogP contribution in [0.2, 0.25) is 0 Å². The second kappa shape index (κ2) is 11.8. The molecule has 1 aliphatic heterocycles. The molecule has 1 fully saturated rings. The number of amides is 2. The number of carbonyl (C=O) groups excluding carboxylic acids is 1. The lowest BCUT2D eigenvalue weighted by Gasteiger charge is -2.47. The molecule has 0 saturated carbocycles. The first-order valence-corrected chi connectivity index (χ1v) is 13.7. The highest BCUT2D eigenvalue weighted by atomic mass is 19.4. The summed E-state index contributed by atoms with van der Waals surface area (Å²) in [7, 11) is 4.15. The molecule has 0 unspecified atom stereocenters. The number of alkyl halides is 3. The molecule has 2 N–H and O–H groups in total. The maximum atomic E-state index is 13.7. The van der Waals surface area contributed by atoms with Crippen LogP contribution >= 0.6 is 0 Å². The Kier molecular flexibility index (Phi) is 8.17. The van der Waals surface area contributed by atoms with Gasteiger partial charge < -0.3 is 20.4 Å². The van der Waals surface area contributed by atoms with Gasteiger partial charge in [0.05, 0.1) is 5.56 Å². The molecule has 5 rings (SSSR count). The van der Waals surface area contributed by atoms with Crippen molar-refractivity contribution in [3.8, 4) is 0 Å². The predicted molar refractivity (Wildman–Crippen MR) is 157 cm³/mol. The summed E-state index contributed by atoms with van der Waals surface area (Å²) in [6.07, 6.45) is 1.45. The Bertz CT molecular complexity index is 1500. The van der Waals surface area contributed by atoms with Gasteiger partial charge >= 0.3 is 12.2 Å². The third-order valence-electron chi connectivity index (χ3n) is 8.11. The van der Waals surface area contributed by atoms with Crippen LogP contribution in [0.1, 0.15) is 29.5 Å². The van der Waals surface area contributed by atoms with E-state index in [2.05, 4.69) is 46.7 Å². The van der Waals surface area contributed by atoms with Crippen molar-refractivity contribution in [1.29, 1.82) is 0 Å². The number of carbonyl (C=O) groups is 1. The predicted octanol–water partition coefficient (Wildman–Crippen LogP) is 6.72. The topological polar surface area (TPSA) is 60.5 Å². The molecule has 214 valence electrons. The normalized spacial score (nSPS) is 15.2. The van der Waals surface area contributed by atoms with E-state index in [0.29, 0.717) is 30.0 Å². The van der Waals surface area contributed by atoms with E-state index in [0.717, 1.165) is 36.1 Å². The molecule has 0 radical (unpaired) electrons. The van der Waals surface area contributed by atoms with Gasteiger partial charge in [-0.25, -0.2) is 4.79 Å². The third-order valence-corrected chi connectivity index (χ3v) is 8.11. The van der Waals surface area contributed by atoms with Gasteiger partial charge in [0.2, 0.25) is 0 Å². The molecule has 0 aliphatic carbocycles. The van der Waals surface area contributed by atoms with Gasteiger partial charge in [0.25, 0.3) is 0 Å². The largest absolute Gasteiger partial charge is 0.416 e. The fourth-order valence-corrected chi connectivity index (χ4v) is 5.62. The van der Waals surface area contributed by atoms with E-state index in [-0.39, 0.29) is 12.1 Å². The Morgan fingerprint density at radius 1 is 0.976 bits per heavy atom. The number of aromatic nitrogens is 1. The van der Waals surface area contributed by atoms with Crippen molar-refractivity contribution in [2.24, 2.45) is 0 Å². The van der Waals surface area contributed by atoms with Gasteiger partial charge in [-0.15, -0.1) is 0 Å². The summed E-state index contributed by atoms with van der Waals surface area (Å²) in [4.78, 5) is 21.1. The van der Waals surface area contributed by atoms with Crippen LogP contribution in [0.25, 0.3) is 10.8 Å². The number of fused-ring (bicyclic) bond motifs is 1. The quantitative estimate of drug-likeness (QED) is 0.263. The highest BCUT2D eigenvalue weighted by Crippen LogP contribution is 2.37. The standard InChI is InChI=1S/C32H34F3N5O/c1-39(2)31(20-23-6-4-3-5-7-23)13-16-40(17-14-31)29-19-27(32(33,34)35)10-8-26(29)22-37-30(41)38-28-11-9-25-21-36-15-12-24(25)18-28/h3-12,15,18-19,21H,13-14,16-17,20,22H2,1-2H3,(H2,37,38,41). The second-order valence-electron chi connectivity index (χ2n) is 10.9. The van der Waals surface area contributed by atoms with E-state index < -0.39 is 17.8 Å². The van der Waals surface area contributed by atoms with E-state index in [4.69, 9.17) is 0 Å². The summed E-state index contributed by atoms with van der Waals surface area (Å²) in [6, 6.07) is 21.0. The van der Waals surface area contributed by atoms with E-state index in [1.165, 1.54) is 17.7 Å². The summed E-state index contributed by atoms with van der Waals surface area (Å²) in [5.74, 6) is 0. The lowest BCUT2D eigenvalue weighted by atomic mass is 9.80. The Morgan fingerprint density at radius 2 is 1.73 bits per heavy atom. The van der Waals surface area contributed by atoms with Gasteiger partial charge in [0.15, 0.2) is 0 Å². The summed E-state index contributed by atoms with van der Waals surface area (Å²) in [5, 5.41) is 7.53. The van der Waals surface area contributed by atoms with Gasteiger partial charge in [0.1, 0.15) is 0 Å². The number of anilines is 2. The first-order chi connectivity index (χ1) is 19.6. The Hall–Kier alpha value is -4.11. The zero-order chi connectivity index (χ0) is 29.0. The fourth-order valence-electron chi connectivity index (χ4n) is 5.62. The Balaban J connectivity index is 1.31. The van der Waals surface area contributed by atoms with E-state index in [1.54, 1.807) is 18.5 Å². The average molecular weight is 562 g/mol. The number of benzene rings is 3. The van der Waals surface area contributed by atoms with Crippen LogP contribution in [0, 0.1) is 0 Å². The van der Waals surface area contributed by atoms with Crippen molar-refractivity contribution in [3.05, 3.63) is 102 Å². The molecule has 2 heterocycles. The number of rotatable bonds is 7. The van der Waals surface area contributed by atoms with Crippen LogP contribution in [0.5, 0.6) is 0 Å². The number of likely N-dealkylation sites (N-methyl/N-ethyl adjacent to an activating group) is 1. The first-order valence-electron chi connectivity index (χ1n) is 13.7. The first kappa shape index (κ1) is 28.4. The monoisotopic (exact) mass is 561 g/mol. The van der Waals surface area contributed by atoms with Crippen molar-refractivity contribution < 1.29 is 18.0 Å². The molecule has 41 heavy (non-hydrogen) atoms. The van der Waals surface area contributed by atoms with Crippen LogP contribution in [-0.2, 0) is 19.1 Å². The highest BCUT2D eigenvalue weighted by molar-refractivity contribution is 5.93. The number of nitrogens with zero attached hydrogens (tertiary/aromatic N) is 3. The smallest absolute Gasteiger partial charge is 0.371 e. The lowest BCUT2D eigenvalue weighted by Crippen LogP contribution is -2.54. The number of nitrogens with one attached hydrogen (secondary N) is 2. The van der Waals surface area contributed by atoms with Gasteiger partial charge in [-0.3, -0.25) is 4.98 Å². The van der Waals surface area contributed by atoms with Crippen molar-refractivity contribution in [2.45, 2.75) is 37.5 Å².